The van der Waals surface area contributed by atoms with E-state index in [1.807, 2.05) is 23.8 Å². The van der Waals surface area contributed by atoms with Crippen molar-refractivity contribution in [3.05, 3.63) is 44.8 Å². The van der Waals surface area contributed by atoms with E-state index in [0.29, 0.717) is 0 Å². The molecule has 0 unspecified atom stereocenters. The first kappa shape index (κ1) is 11.6. The van der Waals surface area contributed by atoms with Gasteiger partial charge in [0.05, 0.1) is 5.51 Å². The van der Waals surface area contributed by atoms with Gasteiger partial charge in [0.25, 0.3) is 0 Å². The van der Waals surface area contributed by atoms with E-state index >= 15 is 0 Å². The Hall–Kier alpha value is -0.910. The molecule has 3 nitrogen and oxygen atoms in total. The van der Waals surface area contributed by atoms with Crippen molar-refractivity contribution in [2.75, 3.05) is 5.73 Å². The van der Waals surface area contributed by atoms with Crippen LogP contribution < -0.4 is 11.1 Å². The summed E-state index contributed by atoms with van der Waals surface area (Å²) < 4.78 is 1.02. The largest absolute Gasteiger partial charge is 0.399 e. The highest BCUT2D eigenvalue weighted by molar-refractivity contribution is 9.10. The number of hydrogen-bond acceptors (Lipinski definition) is 4. The maximum absolute atomic E-state index is 5.76. The summed E-state index contributed by atoms with van der Waals surface area (Å²) in [5.41, 5.74) is 9.56. The lowest BCUT2D eigenvalue weighted by atomic mass is 10.2. The molecule has 0 bridgehead atoms. The van der Waals surface area contributed by atoms with Crippen molar-refractivity contribution in [3.63, 3.8) is 0 Å². The minimum absolute atomic E-state index is 0.781. The Morgan fingerprint density at radius 3 is 2.88 bits per heavy atom. The monoisotopic (exact) mass is 297 g/mol. The first-order valence-electron chi connectivity index (χ1n) is 4.87. The second-order valence-electron chi connectivity index (χ2n) is 3.46. The minimum atomic E-state index is 0.781. The van der Waals surface area contributed by atoms with Gasteiger partial charge in [-0.1, -0.05) is 15.9 Å². The van der Waals surface area contributed by atoms with Crippen LogP contribution >= 0.6 is 27.3 Å². The molecule has 0 radical (unpaired) electrons. The summed E-state index contributed by atoms with van der Waals surface area (Å²) in [6.45, 7) is 1.65. The molecule has 0 aliphatic carbocycles. The molecule has 0 spiro atoms. The van der Waals surface area contributed by atoms with Gasteiger partial charge in [0, 0.05) is 34.3 Å². The van der Waals surface area contributed by atoms with E-state index in [2.05, 4.69) is 32.3 Å². The van der Waals surface area contributed by atoms with E-state index in [0.717, 1.165) is 23.2 Å². The number of nitrogen functional groups attached to an aromatic ring is 1. The van der Waals surface area contributed by atoms with Crippen LogP contribution in [0.5, 0.6) is 0 Å². The summed E-state index contributed by atoms with van der Waals surface area (Å²) in [5.74, 6) is 0. The van der Waals surface area contributed by atoms with Gasteiger partial charge < -0.3 is 11.1 Å². The number of nitrogens with one attached hydrogen (secondary N) is 1. The van der Waals surface area contributed by atoms with E-state index in [4.69, 9.17) is 5.73 Å². The molecule has 0 fully saturated rings. The van der Waals surface area contributed by atoms with E-state index in [9.17, 15) is 0 Å². The first-order chi connectivity index (χ1) is 7.74. The summed E-state index contributed by atoms with van der Waals surface area (Å²) >= 11 is 5.08. The summed E-state index contributed by atoms with van der Waals surface area (Å²) in [5, 5.41) is 3.35. The molecule has 2 aromatic rings. The van der Waals surface area contributed by atoms with Gasteiger partial charge in [0.15, 0.2) is 0 Å². The Balaban J connectivity index is 1.89. The SMILES string of the molecule is Nc1cc(Br)cc(CNCc2cncs2)c1. The van der Waals surface area contributed by atoms with Gasteiger partial charge in [-0.3, -0.25) is 4.98 Å². The molecule has 0 atom stereocenters. The molecular formula is C11H12BrN3S. The molecule has 0 saturated heterocycles. The minimum Gasteiger partial charge on any atom is -0.399 e. The lowest BCUT2D eigenvalue weighted by molar-refractivity contribution is 0.700. The fourth-order valence-electron chi connectivity index (χ4n) is 1.44. The number of thiazole rings is 1. The predicted octanol–water partition coefficient (Wildman–Crippen LogP) is 2.78. The molecule has 2 rings (SSSR count). The molecule has 84 valence electrons. The van der Waals surface area contributed by atoms with E-state index in [1.165, 1.54) is 10.4 Å². The molecule has 0 saturated carbocycles. The quantitative estimate of drug-likeness (QED) is 0.853. The summed E-state index contributed by atoms with van der Waals surface area (Å²) in [6.07, 6.45) is 1.88. The summed E-state index contributed by atoms with van der Waals surface area (Å²) in [7, 11) is 0. The number of nitrogens with zero attached hydrogens (tertiary/aromatic N) is 1. The van der Waals surface area contributed by atoms with Crippen LogP contribution in [-0.2, 0) is 13.1 Å². The second-order valence-corrected chi connectivity index (χ2v) is 5.35. The van der Waals surface area contributed by atoms with Gasteiger partial charge in [0.2, 0.25) is 0 Å². The van der Waals surface area contributed by atoms with Crippen molar-refractivity contribution in [1.29, 1.82) is 0 Å². The highest BCUT2D eigenvalue weighted by Crippen LogP contribution is 2.17. The standard InChI is InChI=1S/C11H12BrN3S/c12-9-1-8(2-10(13)3-9)4-14-5-11-6-15-7-16-11/h1-3,6-7,14H,4-5,13H2. The van der Waals surface area contributed by atoms with Crippen molar-refractivity contribution >= 4 is 33.0 Å². The lowest BCUT2D eigenvalue weighted by Crippen LogP contribution is -2.11. The topological polar surface area (TPSA) is 50.9 Å². The van der Waals surface area contributed by atoms with E-state index in [-0.39, 0.29) is 0 Å². The zero-order valence-electron chi connectivity index (χ0n) is 8.61. The number of aromatic nitrogens is 1. The average Bonchev–Trinajstić information content (AvgIpc) is 2.69. The third kappa shape index (κ3) is 3.30. The number of anilines is 1. The Kier molecular flexibility index (Phi) is 3.93. The van der Waals surface area contributed by atoms with Crippen molar-refractivity contribution in [1.82, 2.24) is 10.3 Å². The number of hydrogen-bond donors (Lipinski definition) is 2. The molecule has 3 N–H and O–H groups in total. The Labute approximate surface area is 107 Å². The molecule has 1 aromatic heterocycles. The Bertz CT molecular complexity index is 436. The molecule has 5 heteroatoms. The number of nitrogens with two attached hydrogens (primary N) is 1. The van der Waals surface area contributed by atoms with Gasteiger partial charge in [-0.2, -0.15) is 0 Å². The van der Waals surface area contributed by atoms with Gasteiger partial charge in [-0.15, -0.1) is 11.3 Å². The molecule has 0 amide bonds. The van der Waals surface area contributed by atoms with Crippen molar-refractivity contribution in [3.8, 4) is 0 Å². The molecular weight excluding hydrogens is 286 g/mol. The first-order valence-corrected chi connectivity index (χ1v) is 6.54. The number of benzene rings is 1. The van der Waals surface area contributed by atoms with Crippen LogP contribution in [0.2, 0.25) is 0 Å². The molecule has 0 aliphatic rings. The summed E-state index contributed by atoms with van der Waals surface area (Å²) in [6, 6.07) is 5.94. The predicted molar refractivity (Wildman–Crippen MR) is 71.2 cm³/mol. The fraction of sp³-hybridized carbons (Fsp3) is 0.182. The lowest BCUT2D eigenvalue weighted by Gasteiger charge is -2.05. The van der Waals surface area contributed by atoms with E-state index < -0.39 is 0 Å². The van der Waals surface area contributed by atoms with Gasteiger partial charge in [0.1, 0.15) is 0 Å². The maximum atomic E-state index is 5.76. The van der Waals surface area contributed by atoms with Crippen LogP contribution in [0.3, 0.4) is 0 Å². The highest BCUT2D eigenvalue weighted by atomic mass is 79.9. The normalized spacial score (nSPS) is 10.6. The van der Waals surface area contributed by atoms with Crippen molar-refractivity contribution < 1.29 is 0 Å². The van der Waals surface area contributed by atoms with Crippen LogP contribution in [-0.4, -0.2) is 4.98 Å². The second kappa shape index (κ2) is 5.43. The van der Waals surface area contributed by atoms with Crippen molar-refractivity contribution in [2.24, 2.45) is 0 Å². The van der Waals surface area contributed by atoms with Crippen LogP contribution in [0.4, 0.5) is 5.69 Å². The smallest absolute Gasteiger partial charge is 0.0794 e. The maximum Gasteiger partial charge on any atom is 0.0794 e. The number of halogens is 1. The number of rotatable bonds is 4. The van der Waals surface area contributed by atoms with E-state index in [1.54, 1.807) is 11.3 Å². The van der Waals surface area contributed by atoms with Crippen molar-refractivity contribution in [2.45, 2.75) is 13.1 Å². The third-order valence-corrected chi connectivity index (χ3v) is 3.33. The zero-order valence-corrected chi connectivity index (χ0v) is 11.0. The van der Waals surface area contributed by atoms with Crippen LogP contribution in [0, 0.1) is 0 Å². The molecule has 16 heavy (non-hydrogen) atoms. The van der Waals surface area contributed by atoms with Crippen LogP contribution in [0.25, 0.3) is 0 Å². The van der Waals surface area contributed by atoms with Gasteiger partial charge in [-0.05, 0) is 23.8 Å². The fourth-order valence-corrected chi connectivity index (χ4v) is 2.56. The van der Waals surface area contributed by atoms with Crippen LogP contribution in [0.15, 0.2) is 34.4 Å². The van der Waals surface area contributed by atoms with Gasteiger partial charge in [-0.25, -0.2) is 0 Å². The molecule has 1 heterocycles. The third-order valence-electron chi connectivity index (χ3n) is 2.09. The zero-order chi connectivity index (χ0) is 11.4. The molecule has 1 aromatic carbocycles. The Morgan fingerprint density at radius 1 is 1.31 bits per heavy atom. The van der Waals surface area contributed by atoms with Crippen LogP contribution in [0.1, 0.15) is 10.4 Å². The molecule has 0 aliphatic heterocycles. The Morgan fingerprint density at radius 2 is 2.19 bits per heavy atom. The summed E-state index contributed by atoms with van der Waals surface area (Å²) in [4.78, 5) is 5.27. The van der Waals surface area contributed by atoms with Gasteiger partial charge >= 0.3 is 0 Å². The highest BCUT2D eigenvalue weighted by Gasteiger charge is 1.98. The average molecular weight is 298 g/mol.